The molecule has 0 spiro atoms. The van der Waals surface area contributed by atoms with Gasteiger partial charge in [-0.05, 0) is 13.0 Å². The number of carbonyl (C=O) groups excluding carboxylic acids is 1. The quantitative estimate of drug-likeness (QED) is 0.881. The van der Waals surface area contributed by atoms with Gasteiger partial charge in [0.2, 0.25) is 5.88 Å². The van der Waals surface area contributed by atoms with Crippen molar-refractivity contribution in [1.29, 1.82) is 0 Å². The Balaban J connectivity index is 2.07. The zero-order chi connectivity index (χ0) is 14.5. The molecule has 0 unspecified atom stereocenters. The number of nitrogens with zero attached hydrogens (tertiary/aromatic N) is 1. The molecule has 0 radical (unpaired) electrons. The molecule has 1 amide bonds. The fourth-order valence-corrected chi connectivity index (χ4v) is 2.47. The molecule has 2 heterocycles. The van der Waals surface area contributed by atoms with E-state index in [-0.39, 0.29) is 16.4 Å². The minimum Gasteiger partial charge on any atom is -0.478 e. The van der Waals surface area contributed by atoms with Crippen LogP contribution in [0, 0.1) is 0 Å². The van der Waals surface area contributed by atoms with E-state index in [2.05, 4.69) is 14.7 Å². The lowest BCUT2D eigenvalue weighted by molar-refractivity contribution is 0.0954. The first-order chi connectivity index (χ1) is 9.63. The molecule has 0 aliphatic heterocycles. The van der Waals surface area contributed by atoms with E-state index in [0.29, 0.717) is 12.5 Å². The summed E-state index contributed by atoms with van der Waals surface area (Å²) in [7, 11) is 0. The third kappa shape index (κ3) is 3.17. The van der Waals surface area contributed by atoms with E-state index < -0.39 is 11.5 Å². The number of carbonyl (C=O) groups is 1. The summed E-state index contributed by atoms with van der Waals surface area (Å²) < 4.78 is 7.76. The molecule has 2 rings (SSSR count). The second-order valence-electron chi connectivity index (χ2n) is 3.76. The first kappa shape index (κ1) is 14.5. The molecule has 6 nitrogen and oxygen atoms in total. The molecule has 0 aromatic carbocycles. The van der Waals surface area contributed by atoms with Gasteiger partial charge < -0.3 is 10.1 Å². The average molecular weight is 314 g/mol. The van der Waals surface area contributed by atoms with Crippen LogP contribution in [0.4, 0.5) is 0 Å². The van der Waals surface area contributed by atoms with Crippen LogP contribution in [0.15, 0.2) is 23.1 Å². The Morgan fingerprint density at radius 3 is 3.05 bits per heavy atom. The topological polar surface area (TPSA) is 84.1 Å². The highest BCUT2D eigenvalue weighted by molar-refractivity contribution is 7.08. The van der Waals surface area contributed by atoms with Crippen molar-refractivity contribution < 1.29 is 9.53 Å². The summed E-state index contributed by atoms with van der Waals surface area (Å²) >= 11 is 6.64. The Hall–Kier alpha value is -1.86. The second-order valence-corrected chi connectivity index (χ2v) is 4.95. The van der Waals surface area contributed by atoms with Crippen LogP contribution in [0.3, 0.4) is 0 Å². The molecule has 8 heteroatoms. The number of aromatic nitrogens is 2. The van der Waals surface area contributed by atoms with Crippen LogP contribution >= 0.6 is 23.1 Å². The highest BCUT2D eigenvalue weighted by atomic mass is 35.5. The third-order valence-electron chi connectivity index (χ3n) is 2.42. The normalized spacial score (nSPS) is 10.3. The van der Waals surface area contributed by atoms with Gasteiger partial charge in [-0.3, -0.25) is 14.0 Å². The number of hydrogen-bond donors (Lipinski definition) is 2. The van der Waals surface area contributed by atoms with E-state index in [4.69, 9.17) is 16.3 Å². The van der Waals surface area contributed by atoms with Gasteiger partial charge in [-0.1, -0.05) is 29.2 Å². The predicted molar refractivity (Wildman–Crippen MR) is 76.5 cm³/mol. The zero-order valence-corrected chi connectivity index (χ0v) is 12.2. The Bertz CT molecular complexity index is 668. The van der Waals surface area contributed by atoms with Crippen LogP contribution in [0.1, 0.15) is 22.2 Å². The molecule has 0 atom stereocenters. The molecule has 2 aromatic heterocycles. The monoisotopic (exact) mass is 313 g/mol. The van der Waals surface area contributed by atoms with Crippen molar-refractivity contribution in [2.45, 2.75) is 13.5 Å². The van der Waals surface area contributed by atoms with E-state index in [1.165, 1.54) is 0 Å². The number of rotatable bonds is 5. The van der Waals surface area contributed by atoms with Gasteiger partial charge >= 0.3 is 0 Å². The largest absolute Gasteiger partial charge is 0.478 e. The Kier molecular flexibility index (Phi) is 4.75. The summed E-state index contributed by atoms with van der Waals surface area (Å²) in [5, 5.41) is 2.58. The Morgan fingerprint density at radius 1 is 1.60 bits per heavy atom. The third-order valence-corrected chi connectivity index (χ3v) is 3.77. The molecular weight excluding hydrogens is 302 g/mol. The first-order valence-electron chi connectivity index (χ1n) is 5.85. The minimum atomic E-state index is -0.460. The van der Waals surface area contributed by atoms with Gasteiger partial charge in [-0.2, -0.15) is 0 Å². The Morgan fingerprint density at radius 2 is 2.40 bits per heavy atom. The molecule has 20 heavy (non-hydrogen) atoms. The molecule has 0 saturated carbocycles. The standard InChI is InChI=1S/C12H12ClN3O3S/c1-2-19-12-7(4-3-5-14-12)6-15-11(18)9-8(13)10(17)16-20-9/h3-5H,2,6H2,1H3,(H,15,18)(H,16,17). The molecule has 0 aliphatic rings. The number of halogens is 1. The summed E-state index contributed by atoms with van der Waals surface area (Å²) in [6.07, 6.45) is 1.62. The number of H-pyrrole nitrogens is 1. The second kappa shape index (κ2) is 6.53. The predicted octanol–water partition coefficient (Wildman–Crippen LogP) is 1.81. The van der Waals surface area contributed by atoms with Gasteiger partial charge in [0.05, 0.1) is 6.61 Å². The molecule has 0 fully saturated rings. The molecule has 0 bridgehead atoms. The van der Waals surface area contributed by atoms with Gasteiger partial charge in [-0.15, -0.1) is 0 Å². The molecular formula is C12H12ClN3O3S. The van der Waals surface area contributed by atoms with Gasteiger partial charge in [0.1, 0.15) is 9.90 Å². The van der Waals surface area contributed by atoms with Crippen molar-refractivity contribution >= 4 is 29.0 Å². The average Bonchev–Trinajstić information content (AvgIpc) is 2.78. The van der Waals surface area contributed by atoms with Crippen molar-refractivity contribution in [3.05, 3.63) is 44.1 Å². The maximum absolute atomic E-state index is 11.9. The van der Waals surface area contributed by atoms with Crippen LogP contribution in [-0.2, 0) is 6.54 Å². The van der Waals surface area contributed by atoms with Crippen LogP contribution in [0.25, 0.3) is 0 Å². The van der Waals surface area contributed by atoms with Crippen LogP contribution in [-0.4, -0.2) is 21.9 Å². The Labute approximate surface area is 123 Å². The van der Waals surface area contributed by atoms with Gasteiger partial charge in [0.15, 0.2) is 0 Å². The molecule has 0 aliphatic carbocycles. The van der Waals surface area contributed by atoms with E-state index in [9.17, 15) is 9.59 Å². The number of hydrogen-bond acceptors (Lipinski definition) is 5. The summed E-state index contributed by atoms with van der Waals surface area (Å²) in [6.45, 7) is 2.59. The molecule has 2 aromatic rings. The van der Waals surface area contributed by atoms with Crippen LogP contribution < -0.4 is 15.6 Å². The van der Waals surface area contributed by atoms with Crippen molar-refractivity contribution in [2.75, 3.05) is 6.61 Å². The highest BCUT2D eigenvalue weighted by Crippen LogP contribution is 2.16. The van der Waals surface area contributed by atoms with Crippen molar-refractivity contribution in [3.63, 3.8) is 0 Å². The van der Waals surface area contributed by atoms with Crippen molar-refractivity contribution in [1.82, 2.24) is 14.7 Å². The first-order valence-corrected chi connectivity index (χ1v) is 7.04. The summed E-state index contributed by atoms with van der Waals surface area (Å²) in [5.41, 5.74) is 0.292. The lowest BCUT2D eigenvalue weighted by atomic mass is 10.2. The van der Waals surface area contributed by atoms with E-state index >= 15 is 0 Å². The molecule has 0 saturated heterocycles. The number of ether oxygens (including phenoxy) is 1. The fourth-order valence-electron chi connectivity index (χ4n) is 1.52. The van der Waals surface area contributed by atoms with Gasteiger partial charge in [0.25, 0.3) is 11.5 Å². The number of pyridine rings is 1. The smallest absolute Gasteiger partial charge is 0.277 e. The van der Waals surface area contributed by atoms with Gasteiger partial charge in [-0.25, -0.2) is 4.98 Å². The summed E-state index contributed by atoms with van der Waals surface area (Å²) in [6, 6.07) is 3.56. The lowest BCUT2D eigenvalue weighted by Crippen LogP contribution is -2.23. The van der Waals surface area contributed by atoms with E-state index in [1.807, 2.05) is 6.92 Å². The van der Waals surface area contributed by atoms with Crippen LogP contribution in [0.5, 0.6) is 5.88 Å². The van der Waals surface area contributed by atoms with Crippen LogP contribution in [0.2, 0.25) is 5.02 Å². The number of nitrogens with one attached hydrogen (secondary N) is 2. The summed E-state index contributed by atoms with van der Waals surface area (Å²) in [5.74, 6) is 0.0632. The highest BCUT2D eigenvalue weighted by Gasteiger charge is 2.16. The minimum absolute atomic E-state index is 0.0938. The zero-order valence-electron chi connectivity index (χ0n) is 10.6. The SMILES string of the molecule is CCOc1ncccc1CNC(=O)c1s[nH]c(=O)c1Cl. The number of amides is 1. The lowest BCUT2D eigenvalue weighted by Gasteiger charge is -2.09. The van der Waals surface area contributed by atoms with Crippen molar-refractivity contribution in [2.24, 2.45) is 0 Å². The number of aromatic amines is 1. The van der Waals surface area contributed by atoms with Gasteiger partial charge in [0, 0.05) is 18.3 Å². The maximum Gasteiger partial charge on any atom is 0.277 e. The van der Waals surface area contributed by atoms with Crippen molar-refractivity contribution in [3.8, 4) is 5.88 Å². The van der Waals surface area contributed by atoms with E-state index in [0.717, 1.165) is 17.1 Å². The molecule has 2 N–H and O–H groups in total. The molecule has 106 valence electrons. The van der Waals surface area contributed by atoms with E-state index in [1.54, 1.807) is 18.3 Å². The summed E-state index contributed by atoms with van der Waals surface area (Å²) in [4.78, 5) is 27.3. The fraction of sp³-hybridized carbons (Fsp3) is 0.250. The maximum atomic E-state index is 11.9.